The molecule has 2 aromatic carbocycles. The number of fused-ring (bicyclic) bond motifs is 1. The third-order valence-electron chi connectivity index (χ3n) is 5.85. The summed E-state index contributed by atoms with van der Waals surface area (Å²) in [5.41, 5.74) is 3.94. The van der Waals surface area contributed by atoms with Gasteiger partial charge in [-0.3, -0.25) is 9.36 Å². The lowest BCUT2D eigenvalue weighted by atomic mass is 10.0. The summed E-state index contributed by atoms with van der Waals surface area (Å²) in [6.07, 6.45) is 1.63. The first kappa shape index (κ1) is 21.0. The van der Waals surface area contributed by atoms with Crippen molar-refractivity contribution in [1.29, 1.82) is 0 Å². The summed E-state index contributed by atoms with van der Waals surface area (Å²) < 4.78 is 22.6. The monoisotopic (exact) mass is 446 g/mol. The van der Waals surface area contributed by atoms with Gasteiger partial charge in [0.05, 0.1) is 18.2 Å². The molecule has 0 unspecified atom stereocenters. The molecule has 0 aliphatic carbocycles. The zero-order valence-corrected chi connectivity index (χ0v) is 18.3. The van der Waals surface area contributed by atoms with Gasteiger partial charge in [0.2, 0.25) is 5.95 Å². The Morgan fingerprint density at radius 3 is 2.76 bits per heavy atom. The molecular formula is C24H23FN6O2. The van der Waals surface area contributed by atoms with Crippen LogP contribution in [-0.4, -0.2) is 31.2 Å². The highest BCUT2D eigenvalue weighted by Crippen LogP contribution is 2.31. The quantitative estimate of drug-likeness (QED) is 0.501. The lowest BCUT2D eigenvalue weighted by Gasteiger charge is -2.27. The highest BCUT2D eigenvalue weighted by Gasteiger charge is 2.27. The van der Waals surface area contributed by atoms with Crippen LogP contribution in [-0.2, 0) is 17.9 Å². The van der Waals surface area contributed by atoms with Crippen molar-refractivity contribution in [2.75, 3.05) is 11.9 Å². The summed E-state index contributed by atoms with van der Waals surface area (Å²) in [6, 6.07) is 13.7. The number of nitrogens with one attached hydrogen (secondary N) is 1. The van der Waals surface area contributed by atoms with Crippen LogP contribution < -0.4 is 10.9 Å². The van der Waals surface area contributed by atoms with Crippen molar-refractivity contribution >= 4 is 11.6 Å². The number of nitrogens with zero attached hydrogens (tertiary/aromatic N) is 5. The van der Waals surface area contributed by atoms with Crippen molar-refractivity contribution in [3.05, 3.63) is 87.9 Å². The highest BCUT2D eigenvalue weighted by molar-refractivity contribution is 5.71. The molecule has 0 radical (unpaired) electrons. The Bertz CT molecular complexity index is 1360. The Hall–Kier alpha value is -3.85. The van der Waals surface area contributed by atoms with Crippen molar-refractivity contribution in [1.82, 2.24) is 24.5 Å². The lowest BCUT2D eigenvalue weighted by Crippen LogP contribution is -2.26. The highest BCUT2D eigenvalue weighted by atomic mass is 19.1. The van der Waals surface area contributed by atoms with Crippen molar-refractivity contribution < 1.29 is 9.13 Å². The molecule has 0 amide bonds. The molecule has 33 heavy (non-hydrogen) atoms. The van der Waals surface area contributed by atoms with E-state index in [2.05, 4.69) is 20.6 Å². The maximum Gasteiger partial charge on any atom is 0.274 e. The van der Waals surface area contributed by atoms with E-state index in [-0.39, 0.29) is 17.4 Å². The van der Waals surface area contributed by atoms with Gasteiger partial charge in [0.25, 0.3) is 5.56 Å². The van der Waals surface area contributed by atoms with Gasteiger partial charge in [-0.05, 0) is 54.8 Å². The summed E-state index contributed by atoms with van der Waals surface area (Å²) in [6.45, 7) is 5.15. The van der Waals surface area contributed by atoms with Crippen molar-refractivity contribution in [2.45, 2.75) is 33.0 Å². The van der Waals surface area contributed by atoms with Crippen LogP contribution in [0.15, 0.2) is 59.5 Å². The van der Waals surface area contributed by atoms with Gasteiger partial charge in [0.1, 0.15) is 12.4 Å². The smallest absolute Gasteiger partial charge is 0.274 e. The fraction of sp³-hybridized carbons (Fsp3) is 0.250. The molecule has 1 N–H and O–H groups in total. The van der Waals surface area contributed by atoms with Gasteiger partial charge >= 0.3 is 0 Å². The second-order valence-electron chi connectivity index (χ2n) is 7.91. The molecule has 5 rings (SSSR count). The zero-order chi connectivity index (χ0) is 22.9. The standard InChI is InChI=1S/C24H23FN6O2/c1-3-30-23(32)19(10-11-26-30)17-5-4-15(2)20(12-17)27-24-29-28-22-14-33-13-21(31(22)24)16-6-8-18(25)9-7-16/h4-12,21H,3,13-14H2,1-2H3,(H,27,29)/t21-/m0/s1. The van der Waals surface area contributed by atoms with E-state index in [1.165, 1.54) is 16.8 Å². The zero-order valence-electron chi connectivity index (χ0n) is 18.3. The average molecular weight is 446 g/mol. The van der Waals surface area contributed by atoms with Crippen LogP contribution in [0.3, 0.4) is 0 Å². The number of benzene rings is 2. The third kappa shape index (κ3) is 3.91. The lowest BCUT2D eigenvalue weighted by molar-refractivity contribution is 0.0670. The molecule has 8 nitrogen and oxygen atoms in total. The fourth-order valence-electron chi connectivity index (χ4n) is 4.04. The van der Waals surface area contributed by atoms with Crippen LogP contribution in [0.5, 0.6) is 0 Å². The minimum Gasteiger partial charge on any atom is -0.371 e. The van der Waals surface area contributed by atoms with Gasteiger partial charge < -0.3 is 10.1 Å². The molecule has 3 heterocycles. The predicted molar refractivity (Wildman–Crippen MR) is 122 cm³/mol. The van der Waals surface area contributed by atoms with E-state index in [1.807, 2.05) is 36.6 Å². The average Bonchev–Trinajstić information content (AvgIpc) is 3.24. The van der Waals surface area contributed by atoms with E-state index in [4.69, 9.17) is 4.74 Å². The molecule has 0 fully saturated rings. The second kappa shape index (κ2) is 8.59. The molecule has 0 saturated heterocycles. The minimum atomic E-state index is -0.288. The Morgan fingerprint density at radius 2 is 1.97 bits per heavy atom. The van der Waals surface area contributed by atoms with E-state index >= 15 is 0 Å². The van der Waals surface area contributed by atoms with Gasteiger partial charge in [0.15, 0.2) is 5.82 Å². The first-order valence-electron chi connectivity index (χ1n) is 10.8. The fourth-order valence-corrected chi connectivity index (χ4v) is 4.04. The van der Waals surface area contributed by atoms with Crippen LogP contribution in [0.4, 0.5) is 16.0 Å². The molecule has 9 heteroatoms. The number of aromatic nitrogens is 5. The van der Waals surface area contributed by atoms with Crippen LogP contribution in [0.2, 0.25) is 0 Å². The topological polar surface area (TPSA) is 86.9 Å². The van der Waals surface area contributed by atoms with Gasteiger partial charge in [-0.2, -0.15) is 5.10 Å². The molecule has 0 bridgehead atoms. The van der Waals surface area contributed by atoms with Crippen LogP contribution in [0.1, 0.15) is 29.9 Å². The Kier molecular flexibility index (Phi) is 5.47. The number of aryl methyl sites for hydroxylation is 2. The Labute approximate surface area is 189 Å². The number of rotatable bonds is 5. The maximum absolute atomic E-state index is 13.5. The van der Waals surface area contributed by atoms with Crippen LogP contribution in [0.25, 0.3) is 11.1 Å². The summed E-state index contributed by atoms with van der Waals surface area (Å²) >= 11 is 0. The SMILES string of the molecule is CCn1nccc(-c2ccc(C)c(Nc3nnc4n3[C@H](c3ccc(F)cc3)COC4)c2)c1=O. The van der Waals surface area contributed by atoms with E-state index in [9.17, 15) is 9.18 Å². The number of hydrogen-bond acceptors (Lipinski definition) is 6. The van der Waals surface area contributed by atoms with Crippen molar-refractivity contribution in [3.63, 3.8) is 0 Å². The maximum atomic E-state index is 13.5. The van der Waals surface area contributed by atoms with Crippen molar-refractivity contribution in [2.24, 2.45) is 0 Å². The predicted octanol–water partition coefficient (Wildman–Crippen LogP) is 3.83. The number of anilines is 2. The molecule has 2 aromatic heterocycles. The van der Waals surface area contributed by atoms with E-state index in [0.717, 1.165) is 22.4 Å². The number of halogens is 1. The molecular weight excluding hydrogens is 423 g/mol. The van der Waals surface area contributed by atoms with Gasteiger partial charge in [-0.25, -0.2) is 9.07 Å². The largest absolute Gasteiger partial charge is 0.371 e. The minimum absolute atomic E-state index is 0.136. The van der Waals surface area contributed by atoms with Gasteiger partial charge in [0, 0.05) is 18.4 Å². The normalized spacial score (nSPS) is 15.3. The van der Waals surface area contributed by atoms with E-state index in [0.29, 0.717) is 37.1 Å². The summed E-state index contributed by atoms with van der Waals surface area (Å²) in [5, 5.41) is 16.1. The van der Waals surface area contributed by atoms with Crippen molar-refractivity contribution in [3.8, 4) is 11.1 Å². The molecule has 4 aromatic rings. The molecule has 0 saturated carbocycles. The van der Waals surface area contributed by atoms with E-state index in [1.54, 1.807) is 24.4 Å². The van der Waals surface area contributed by atoms with E-state index < -0.39 is 0 Å². The molecule has 0 spiro atoms. The first-order chi connectivity index (χ1) is 16.0. The van der Waals surface area contributed by atoms with Gasteiger partial charge in [-0.1, -0.05) is 24.3 Å². The second-order valence-corrected chi connectivity index (χ2v) is 7.91. The number of ether oxygens (including phenoxy) is 1. The first-order valence-corrected chi connectivity index (χ1v) is 10.8. The summed E-state index contributed by atoms with van der Waals surface area (Å²) in [7, 11) is 0. The Balaban J connectivity index is 1.53. The molecule has 1 aliphatic heterocycles. The van der Waals surface area contributed by atoms with Crippen LogP contribution >= 0.6 is 0 Å². The molecule has 1 atom stereocenters. The van der Waals surface area contributed by atoms with Gasteiger partial charge in [-0.15, -0.1) is 10.2 Å². The van der Waals surface area contributed by atoms with Crippen LogP contribution in [0, 0.1) is 12.7 Å². The third-order valence-corrected chi connectivity index (χ3v) is 5.85. The molecule has 1 aliphatic rings. The summed E-state index contributed by atoms with van der Waals surface area (Å²) in [4.78, 5) is 12.7. The molecule has 168 valence electrons. The number of hydrogen-bond donors (Lipinski definition) is 1. The summed E-state index contributed by atoms with van der Waals surface area (Å²) in [5.74, 6) is 0.957. The Morgan fingerprint density at radius 1 is 1.15 bits per heavy atom.